The number of ether oxygens (including phenoxy) is 1. The molecule has 0 aliphatic heterocycles. The third-order valence-electron chi connectivity index (χ3n) is 2.79. The van der Waals surface area contributed by atoms with E-state index in [4.69, 9.17) is 9.88 Å². The summed E-state index contributed by atoms with van der Waals surface area (Å²) in [7, 11) is -3.79. The monoisotopic (exact) mass is 317 g/mol. The molecule has 21 heavy (non-hydrogen) atoms. The average molecular weight is 317 g/mol. The standard InChI is InChI=1S/C12H13F2N3O3S/c1-8-6-9(21(15,18)19)2-3-10(8)20-7-11-16-4-5-17(11)12(13)14/h2-6,12H,7H2,1H3,(H2,15,18,19). The number of rotatable bonds is 5. The largest absolute Gasteiger partial charge is 0.485 e. The highest BCUT2D eigenvalue weighted by Crippen LogP contribution is 2.22. The first-order valence-corrected chi connectivity index (χ1v) is 7.40. The van der Waals surface area contributed by atoms with Gasteiger partial charge in [0.2, 0.25) is 10.0 Å². The van der Waals surface area contributed by atoms with Gasteiger partial charge in [-0.25, -0.2) is 18.5 Å². The van der Waals surface area contributed by atoms with Crippen molar-refractivity contribution in [2.75, 3.05) is 0 Å². The number of imidazole rings is 1. The number of nitrogens with two attached hydrogens (primary N) is 1. The lowest BCUT2D eigenvalue weighted by atomic mass is 10.2. The minimum atomic E-state index is -3.79. The Balaban J connectivity index is 2.16. The van der Waals surface area contributed by atoms with Gasteiger partial charge in [0.1, 0.15) is 12.4 Å². The van der Waals surface area contributed by atoms with E-state index in [1.165, 1.54) is 24.4 Å². The summed E-state index contributed by atoms with van der Waals surface area (Å²) < 4.78 is 53.8. The van der Waals surface area contributed by atoms with E-state index in [-0.39, 0.29) is 17.3 Å². The van der Waals surface area contributed by atoms with E-state index in [1.54, 1.807) is 6.92 Å². The molecule has 1 aromatic heterocycles. The highest BCUT2D eigenvalue weighted by Gasteiger charge is 2.13. The number of benzene rings is 1. The van der Waals surface area contributed by atoms with Crippen LogP contribution in [0.4, 0.5) is 8.78 Å². The van der Waals surface area contributed by atoms with Crippen LogP contribution in [0.1, 0.15) is 17.9 Å². The Morgan fingerprint density at radius 1 is 1.43 bits per heavy atom. The van der Waals surface area contributed by atoms with Gasteiger partial charge >= 0.3 is 6.55 Å². The van der Waals surface area contributed by atoms with E-state index in [2.05, 4.69) is 4.98 Å². The van der Waals surface area contributed by atoms with Crippen molar-refractivity contribution >= 4 is 10.0 Å². The maximum absolute atomic E-state index is 12.6. The van der Waals surface area contributed by atoms with Crippen LogP contribution in [-0.2, 0) is 16.6 Å². The number of aryl methyl sites for hydroxylation is 1. The molecule has 0 aliphatic rings. The zero-order valence-corrected chi connectivity index (χ0v) is 11.8. The van der Waals surface area contributed by atoms with E-state index < -0.39 is 16.6 Å². The minimum absolute atomic E-state index is 0.0403. The van der Waals surface area contributed by atoms with Gasteiger partial charge in [0, 0.05) is 12.4 Å². The first-order chi connectivity index (χ1) is 9.79. The molecule has 0 radical (unpaired) electrons. The van der Waals surface area contributed by atoms with Crippen LogP contribution in [0.5, 0.6) is 5.75 Å². The quantitative estimate of drug-likeness (QED) is 0.911. The molecule has 2 rings (SSSR count). The van der Waals surface area contributed by atoms with Crippen molar-refractivity contribution in [3.8, 4) is 5.75 Å². The number of aromatic nitrogens is 2. The van der Waals surface area contributed by atoms with Gasteiger partial charge in [-0.1, -0.05) is 0 Å². The van der Waals surface area contributed by atoms with Gasteiger partial charge in [-0.05, 0) is 30.7 Å². The zero-order chi connectivity index (χ0) is 15.6. The van der Waals surface area contributed by atoms with Crippen LogP contribution in [0.3, 0.4) is 0 Å². The van der Waals surface area contributed by atoms with Gasteiger partial charge in [0.05, 0.1) is 4.90 Å². The number of hydrogen-bond acceptors (Lipinski definition) is 4. The Morgan fingerprint density at radius 2 is 2.14 bits per heavy atom. The van der Waals surface area contributed by atoms with Gasteiger partial charge in [0.15, 0.2) is 5.82 Å². The maximum atomic E-state index is 12.6. The van der Waals surface area contributed by atoms with Crippen LogP contribution in [0, 0.1) is 6.92 Å². The average Bonchev–Trinajstić information content (AvgIpc) is 2.84. The SMILES string of the molecule is Cc1cc(S(N)(=O)=O)ccc1OCc1nccn1C(F)F. The summed E-state index contributed by atoms with van der Waals surface area (Å²) in [6, 6.07) is 4.06. The topological polar surface area (TPSA) is 87.2 Å². The Morgan fingerprint density at radius 3 is 2.71 bits per heavy atom. The molecule has 0 amide bonds. The highest BCUT2D eigenvalue weighted by molar-refractivity contribution is 7.89. The fourth-order valence-corrected chi connectivity index (χ4v) is 2.34. The van der Waals surface area contributed by atoms with Gasteiger partial charge in [0.25, 0.3) is 0 Å². The second-order valence-electron chi connectivity index (χ2n) is 4.29. The lowest BCUT2D eigenvalue weighted by Crippen LogP contribution is -2.12. The molecule has 0 spiro atoms. The van der Waals surface area contributed by atoms with Gasteiger partial charge in [-0.15, -0.1) is 0 Å². The summed E-state index contributed by atoms with van der Waals surface area (Å²) >= 11 is 0. The van der Waals surface area contributed by atoms with Gasteiger partial charge < -0.3 is 4.74 Å². The third kappa shape index (κ3) is 3.56. The van der Waals surface area contributed by atoms with Crippen molar-refractivity contribution in [3.05, 3.63) is 42.0 Å². The molecule has 6 nitrogen and oxygen atoms in total. The summed E-state index contributed by atoms with van der Waals surface area (Å²) in [5.41, 5.74) is 0.525. The zero-order valence-electron chi connectivity index (χ0n) is 11.0. The van der Waals surface area contributed by atoms with Crippen molar-refractivity contribution in [3.63, 3.8) is 0 Å². The van der Waals surface area contributed by atoms with Crippen molar-refractivity contribution in [2.24, 2.45) is 5.14 Å². The summed E-state index contributed by atoms with van der Waals surface area (Å²) in [5, 5.41) is 5.01. The second-order valence-corrected chi connectivity index (χ2v) is 5.85. The number of hydrogen-bond donors (Lipinski definition) is 1. The molecule has 0 fully saturated rings. The lowest BCUT2D eigenvalue weighted by Gasteiger charge is -2.11. The first-order valence-electron chi connectivity index (χ1n) is 5.85. The third-order valence-corrected chi connectivity index (χ3v) is 3.70. The number of sulfonamides is 1. The normalized spacial score (nSPS) is 11.9. The van der Waals surface area contributed by atoms with Crippen LogP contribution < -0.4 is 9.88 Å². The molecule has 0 aliphatic carbocycles. The molecule has 0 saturated carbocycles. The summed E-state index contributed by atoms with van der Waals surface area (Å²) in [5.74, 6) is 0.436. The van der Waals surface area contributed by atoms with Crippen molar-refractivity contribution < 1.29 is 21.9 Å². The Bertz CT molecular complexity index is 744. The fourth-order valence-electron chi connectivity index (χ4n) is 1.74. The minimum Gasteiger partial charge on any atom is -0.485 e. The predicted octanol–water partition coefficient (Wildman–Crippen LogP) is 1.81. The van der Waals surface area contributed by atoms with Crippen LogP contribution in [0.2, 0.25) is 0 Å². The number of nitrogens with zero attached hydrogens (tertiary/aromatic N) is 2. The molecular formula is C12H13F2N3O3S. The summed E-state index contributed by atoms with van der Waals surface area (Å²) in [6.07, 6.45) is 2.40. The van der Waals surface area contributed by atoms with Gasteiger partial charge in [-0.2, -0.15) is 8.78 Å². The molecule has 2 N–H and O–H groups in total. The summed E-state index contributed by atoms with van der Waals surface area (Å²) in [4.78, 5) is 3.74. The maximum Gasteiger partial charge on any atom is 0.320 e. The highest BCUT2D eigenvalue weighted by atomic mass is 32.2. The molecule has 114 valence electrons. The van der Waals surface area contributed by atoms with Crippen LogP contribution in [-0.4, -0.2) is 18.0 Å². The van der Waals surface area contributed by atoms with Crippen LogP contribution in [0.25, 0.3) is 0 Å². The van der Waals surface area contributed by atoms with Gasteiger partial charge in [-0.3, -0.25) is 4.57 Å². The molecule has 1 aromatic carbocycles. The van der Waals surface area contributed by atoms with E-state index in [0.717, 1.165) is 6.20 Å². The van der Waals surface area contributed by atoms with Crippen molar-refractivity contribution in [1.29, 1.82) is 0 Å². The fraction of sp³-hybridized carbons (Fsp3) is 0.250. The molecule has 0 atom stereocenters. The summed E-state index contributed by atoms with van der Waals surface area (Å²) in [6.45, 7) is -1.23. The molecule has 0 unspecified atom stereocenters. The van der Waals surface area contributed by atoms with E-state index >= 15 is 0 Å². The Kier molecular flexibility index (Phi) is 4.24. The molecule has 2 aromatic rings. The van der Waals surface area contributed by atoms with E-state index in [1.807, 2.05) is 0 Å². The van der Waals surface area contributed by atoms with Crippen molar-refractivity contribution in [1.82, 2.24) is 9.55 Å². The predicted molar refractivity (Wildman–Crippen MR) is 70.4 cm³/mol. The lowest BCUT2D eigenvalue weighted by molar-refractivity contribution is 0.0632. The molecule has 1 heterocycles. The number of primary sulfonamides is 1. The number of alkyl halides is 2. The van der Waals surface area contributed by atoms with E-state index in [0.29, 0.717) is 15.9 Å². The van der Waals surface area contributed by atoms with E-state index in [9.17, 15) is 17.2 Å². The van der Waals surface area contributed by atoms with Crippen LogP contribution >= 0.6 is 0 Å². The molecule has 9 heteroatoms. The first kappa shape index (κ1) is 15.4. The molecular weight excluding hydrogens is 304 g/mol. The van der Waals surface area contributed by atoms with Crippen molar-refractivity contribution in [2.45, 2.75) is 25.0 Å². The Labute approximate surface area is 120 Å². The number of halogens is 2. The second kappa shape index (κ2) is 5.78. The molecule has 0 bridgehead atoms. The van der Waals surface area contributed by atoms with Crippen LogP contribution in [0.15, 0.2) is 35.5 Å². The Hall–Kier alpha value is -2.00. The molecule has 0 saturated heterocycles. The smallest absolute Gasteiger partial charge is 0.320 e.